The van der Waals surface area contributed by atoms with E-state index in [0.717, 1.165) is 19.6 Å². The van der Waals surface area contributed by atoms with Gasteiger partial charge in [-0.2, -0.15) is 0 Å². The van der Waals surface area contributed by atoms with Gasteiger partial charge in [-0.15, -0.1) is 0 Å². The second-order valence-corrected chi connectivity index (χ2v) is 3.44. The molecule has 3 nitrogen and oxygen atoms in total. The lowest BCUT2D eigenvalue weighted by Crippen LogP contribution is -2.46. The van der Waals surface area contributed by atoms with E-state index in [9.17, 15) is 0 Å². The smallest absolute Gasteiger partial charge is 0.00742 e. The minimum atomic E-state index is 0.359. The molecule has 0 saturated carbocycles. The fourth-order valence-electron chi connectivity index (χ4n) is 1.69. The highest BCUT2D eigenvalue weighted by atomic mass is 14.9. The lowest BCUT2D eigenvalue weighted by Gasteiger charge is -2.32. The summed E-state index contributed by atoms with van der Waals surface area (Å²) in [6.07, 6.45) is 1.19. The highest BCUT2D eigenvalue weighted by Gasteiger charge is 2.25. The van der Waals surface area contributed by atoms with Crippen molar-refractivity contribution >= 4 is 0 Å². The van der Waals surface area contributed by atoms with E-state index in [1.54, 1.807) is 0 Å². The zero-order chi connectivity index (χ0) is 9.45. The van der Waals surface area contributed by atoms with Crippen LogP contribution in [-0.4, -0.2) is 40.8 Å². The molecule has 0 aliphatic carbocycles. The maximum atomic E-state index is 3.25. The normalized spacial score (nSPS) is 12.0. The van der Waals surface area contributed by atoms with E-state index in [4.69, 9.17) is 0 Å². The van der Waals surface area contributed by atoms with Gasteiger partial charge in [-0.05, 0) is 27.6 Å². The summed E-state index contributed by atoms with van der Waals surface area (Å²) in [5.41, 5.74) is 0.359. The van der Waals surface area contributed by atoms with E-state index in [0.29, 0.717) is 5.41 Å². The van der Waals surface area contributed by atoms with Crippen molar-refractivity contribution in [1.29, 1.82) is 0 Å². The molecule has 0 fully saturated rings. The van der Waals surface area contributed by atoms with Gasteiger partial charge in [-0.3, -0.25) is 0 Å². The number of rotatable bonds is 7. The van der Waals surface area contributed by atoms with Gasteiger partial charge in [-0.1, -0.05) is 6.92 Å². The van der Waals surface area contributed by atoms with Gasteiger partial charge < -0.3 is 16.0 Å². The SMILES string of the molecule is CCC(CNC)(CNC)CNC. The molecule has 0 aromatic carbocycles. The second-order valence-electron chi connectivity index (χ2n) is 3.44. The van der Waals surface area contributed by atoms with Crippen molar-refractivity contribution in [1.82, 2.24) is 16.0 Å². The Bertz CT molecular complexity index is 86.9. The summed E-state index contributed by atoms with van der Waals surface area (Å²) in [7, 11) is 6.03. The van der Waals surface area contributed by atoms with E-state index in [1.807, 2.05) is 21.1 Å². The Morgan fingerprint density at radius 3 is 1.33 bits per heavy atom. The van der Waals surface area contributed by atoms with Gasteiger partial charge in [0, 0.05) is 25.0 Å². The third-order valence-corrected chi connectivity index (χ3v) is 2.41. The first-order valence-electron chi connectivity index (χ1n) is 4.68. The average molecular weight is 173 g/mol. The lowest BCUT2D eigenvalue weighted by atomic mass is 9.85. The molecule has 0 aromatic heterocycles. The lowest BCUT2D eigenvalue weighted by molar-refractivity contribution is 0.253. The number of hydrogen-bond donors (Lipinski definition) is 3. The molecule has 0 unspecified atom stereocenters. The highest BCUT2D eigenvalue weighted by molar-refractivity contribution is 4.83. The summed E-state index contributed by atoms with van der Waals surface area (Å²) < 4.78 is 0. The van der Waals surface area contributed by atoms with Crippen molar-refractivity contribution in [2.24, 2.45) is 5.41 Å². The quantitative estimate of drug-likeness (QED) is 0.509. The maximum Gasteiger partial charge on any atom is 0.00742 e. The van der Waals surface area contributed by atoms with Crippen LogP contribution in [0, 0.1) is 5.41 Å². The predicted molar refractivity (Wildman–Crippen MR) is 54.5 cm³/mol. The van der Waals surface area contributed by atoms with Crippen molar-refractivity contribution < 1.29 is 0 Å². The molecule has 0 aliphatic heterocycles. The zero-order valence-corrected chi connectivity index (χ0v) is 8.83. The zero-order valence-electron chi connectivity index (χ0n) is 8.83. The van der Waals surface area contributed by atoms with Gasteiger partial charge in [-0.25, -0.2) is 0 Å². The standard InChI is InChI=1S/C9H23N3/c1-5-9(6-10-2,7-11-3)8-12-4/h10-12H,5-8H2,1-4H3. The van der Waals surface area contributed by atoms with Crippen molar-refractivity contribution in [3.63, 3.8) is 0 Å². The monoisotopic (exact) mass is 173 g/mol. The molecule has 0 heterocycles. The molecule has 0 atom stereocenters. The van der Waals surface area contributed by atoms with Crippen LogP contribution in [0.3, 0.4) is 0 Å². The minimum absolute atomic E-state index is 0.359. The van der Waals surface area contributed by atoms with Crippen LogP contribution >= 0.6 is 0 Å². The third-order valence-electron chi connectivity index (χ3n) is 2.41. The van der Waals surface area contributed by atoms with E-state index < -0.39 is 0 Å². The molecule has 3 heteroatoms. The summed E-state index contributed by atoms with van der Waals surface area (Å²) in [6.45, 7) is 5.42. The Balaban J connectivity index is 4.06. The molecule has 0 spiro atoms. The van der Waals surface area contributed by atoms with Gasteiger partial charge in [0.25, 0.3) is 0 Å². The predicted octanol–water partition coefficient (Wildman–Crippen LogP) is 0.0410. The van der Waals surface area contributed by atoms with Crippen LogP contribution in [0.5, 0.6) is 0 Å². The van der Waals surface area contributed by atoms with Gasteiger partial charge in [0.05, 0.1) is 0 Å². The fourth-order valence-corrected chi connectivity index (χ4v) is 1.69. The van der Waals surface area contributed by atoms with Gasteiger partial charge in [0.1, 0.15) is 0 Å². The summed E-state index contributed by atoms with van der Waals surface area (Å²) in [5, 5.41) is 9.75. The molecule has 0 rings (SSSR count). The first kappa shape index (κ1) is 11.9. The largest absolute Gasteiger partial charge is 0.319 e. The fraction of sp³-hybridized carbons (Fsp3) is 1.00. The molecule has 12 heavy (non-hydrogen) atoms. The Kier molecular flexibility index (Phi) is 6.34. The van der Waals surface area contributed by atoms with Crippen LogP contribution in [-0.2, 0) is 0 Å². The summed E-state index contributed by atoms with van der Waals surface area (Å²) in [6, 6.07) is 0. The van der Waals surface area contributed by atoms with Crippen LogP contribution in [0.25, 0.3) is 0 Å². The molecule has 0 saturated heterocycles. The summed E-state index contributed by atoms with van der Waals surface area (Å²) >= 11 is 0. The van der Waals surface area contributed by atoms with E-state index >= 15 is 0 Å². The number of nitrogens with one attached hydrogen (secondary N) is 3. The Morgan fingerprint density at radius 1 is 0.833 bits per heavy atom. The molecule has 0 radical (unpaired) electrons. The van der Waals surface area contributed by atoms with Crippen molar-refractivity contribution in [3.8, 4) is 0 Å². The van der Waals surface area contributed by atoms with E-state index in [1.165, 1.54) is 6.42 Å². The Labute approximate surface area is 76.3 Å². The van der Waals surface area contributed by atoms with Crippen LogP contribution < -0.4 is 16.0 Å². The number of hydrogen-bond acceptors (Lipinski definition) is 3. The Hall–Kier alpha value is -0.120. The first-order chi connectivity index (χ1) is 5.74. The molecule has 0 aromatic rings. The third kappa shape index (κ3) is 3.52. The minimum Gasteiger partial charge on any atom is -0.319 e. The Morgan fingerprint density at radius 2 is 1.17 bits per heavy atom. The average Bonchev–Trinajstić information content (AvgIpc) is 2.06. The van der Waals surface area contributed by atoms with Crippen molar-refractivity contribution in [2.45, 2.75) is 13.3 Å². The van der Waals surface area contributed by atoms with Crippen LogP contribution in [0.4, 0.5) is 0 Å². The van der Waals surface area contributed by atoms with Gasteiger partial charge >= 0.3 is 0 Å². The second kappa shape index (κ2) is 6.40. The topological polar surface area (TPSA) is 36.1 Å². The molecular formula is C9H23N3. The van der Waals surface area contributed by atoms with Crippen molar-refractivity contribution in [2.75, 3.05) is 40.8 Å². The molecular weight excluding hydrogens is 150 g/mol. The molecule has 0 bridgehead atoms. The van der Waals surface area contributed by atoms with Crippen LogP contribution in [0.1, 0.15) is 13.3 Å². The van der Waals surface area contributed by atoms with Crippen molar-refractivity contribution in [3.05, 3.63) is 0 Å². The molecule has 3 N–H and O–H groups in total. The van der Waals surface area contributed by atoms with Crippen LogP contribution in [0.15, 0.2) is 0 Å². The molecule has 74 valence electrons. The van der Waals surface area contributed by atoms with E-state index in [-0.39, 0.29) is 0 Å². The summed E-state index contributed by atoms with van der Waals surface area (Å²) in [5.74, 6) is 0. The molecule has 0 aliphatic rings. The first-order valence-corrected chi connectivity index (χ1v) is 4.68. The van der Waals surface area contributed by atoms with Gasteiger partial charge in [0.2, 0.25) is 0 Å². The maximum absolute atomic E-state index is 3.25. The summed E-state index contributed by atoms with van der Waals surface area (Å²) in [4.78, 5) is 0. The van der Waals surface area contributed by atoms with E-state index in [2.05, 4.69) is 22.9 Å². The highest BCUT2D eigenvalue weighted by Crippen LogP contribution is 2.18. The van der Waals surface area contributed by atoms with Gasteiger partial charge in [0.15, 0.2) is 0 Å². The molecule has 0 amide bonds. The van der Waals surface area contributed by atoms with Crippen LogP contribution in [0.2, 0.25) is 0 Å².